The molecule has 0 aliphatic carbocycles. The van der Waals surface area contributed by atoms with Crippen LogP contribution in [0.4, 0.5) is 17.6 Å². The van der Waals surface area contributed by atoms with Crippen molar-refractivity contribution in [2.24, 2.45) is 7.05 Å². The molecular weight excluding hydrogens is 482 g/mol. The van der Waals surface area contributed by atoms with Gasteiger partial charge in [-0.15, -0.1) is 0 Å². The number of piperidine rings is 1. The summed E-state index contributed by atoms with van der Waals surface area (Å²) in [6.07, 6.45) is 4.24. The summed E-state index contributed by atoms with van der Waals surface area (Å²) >= 11 is 0. The summed E-state index contributed by atoms with van der Waals surface area (Å²) < 4.78 is 49.1. The van der Waals surface area contributed by atoms with Gasteiger partial charge in [-0.2, -0.15) is 18.3 Å². The average molecular weight is 505 g/mol. The second-order valence-electron chi connectivity index (χ2n) is 8.40. The van der Waals surface area contributed by atoms with E-state index >= 15 is 0 Å². The normalized spacial score (nSPS) is 15.0. The molecule has 0 bridgehead atoms. The summed E-state index contributed by atoms with van der Waals surface area (Å²) in [5, 5.41) is 11.3. The number of carboxylic acids is 1. The van der Waals surface area contributed by atoms with Crippen LogP contribution in [0.15, 0.2) is 49.2 Å². The monoisotopic (exact) mass is 505 g/mol. The van der Waals surface area contributed by atoms with Crippen molar-refractivity contribution >= 4 is 17.3 Å². The number of nitrogens with zero attached hydrogens (tertiary/aromatic N) is 7. The first kappa shape index (κ1) is 25.2. The number of alkyl halides is 3. The highest BCUT2D eigenvalue weighted by molar-refractivity contribution is 5.73. The quantitative estimate of drug-likeness (QED) is 0.421. The SMILES string of the molecule is Cn1cc(-c2cnc3ncn(C4CCN(Cc5cccc(F)c5)CC4)c3n2)cn1.O=C(O)C(F)(F)F. The van der Waals surface area contributed by atoms with E-state index in [0.717, 1.165) is 54.9 Å². The fourth-order valence-electron chi connectivity index (χ4n) is 4.02. The minimum absolute atomic E-state index is 0.176. The zero-order valence-electron chi connectivity index (χ0n) is 19.2. The molecule has 3 aromatic heterocycles. The number of aliphatic carboxylic acids is 1. The molecule has 0 spiro atoms. The number of carboxylic acid groups (broad SMARTS) is 1. The summed E-state index contributed by atoms with van der Waals surface area (Å²) in [7, 11) is 1.89. The van der Waals surface area contributed by atoms with E-state index in [2.05, 4.69) is 24.5 Å². The van der Waals surface area contributed by atoms with Gasteiger partial charge in [0.15, 0.2) is 11.3 Å². The summed E-state index contributed by atoms with van der Waals surface area (Å²) in [5.74, 6) is -2.93. The van der Waals surface area contributed by atoms with Crippen molar-refractivity contribution in [2.45, 2.75) is 31.6 Å². The zero-order chi connectivity index (χ0) is 25.9. The number of halogens is 4. The Labute approximate surface area is 203 Å². The van der Waals surface area contributed by atoms with Crippen LogP contribution in [-0.4, -0.2) is 64.5 Å². The van der Waals surface area contributed by atoms with Crippen molar-refractivity contribution in [3.8, 4) is 11.3 Å². The molecule has 5 rings (SSSR count). The number of imidazole rings is 1. The molecular formula is C23H23F4N7O2. The summed E-state index contributed by atoms with van der Waals surface area (Å²) in [5.41, 5.74) is 4.24. The molecule has 0 unspecified atom stereocenters. The molecule has 1 aliphatic rings. The number of fused-ring (bicyclic) bond motifs is 1. The molecule has 0 radical (unpaired) electrons. The van der Waals surface area contributed by atoms with Crippen LogP contribution in [0, 0.1) is 5.82 Å². The van der Waals surface area contributed by atoms with Gasteiger partial charge >= 0.3 is 12.1 Å². The molecule has 36 heavy (non-hydrogen) atoms. The van der Waals surface area contributed by atoms with Gasteiger partial charge in [0.1, 0.15) is 5.82 Å². The van der Waals surface area contributed by atoms with E-state index in [-0.39, 0.29) is 5.82 Å². The first-order valence-corrected chi connectivity index (χ1v) is 11.1. The van der Waals surface area contributed by atoms with Gasteiger partial charge in [-0.3, -0.25) is 9.58 Å². The molecule has 1 N–H and O–H groups in total. The average Bonchev–Trinajstić information content (AvgIpc) is 3.45. The molecule has 0 atom stereocenters. The predicted molar refractivity (Wildman–Crippen MR) is 121 cm³/mol. The topological polar surface area (TPSA) is 102 Å². The van der Waals surface area contributed by atoms with Crippen LogP contribution in [0.3, 0.4) is 0 Å². The number of benzene rings is 1. The minimum Gasteiger partial charge on any atom is -0.475 e. The highest BCUT2D eigenvalue weighted by Gasteiger charge is 2.38. The molecule has 0 saturated carbocycles. The third kappa shape index (κ3) is 6.03. The fraction of sp³-hybridized carbons (Fsp3) is 0.348. The molecule has 1 aliphatic heterocycles. The summed E-state index contributed by atoms with van der Waals surface area (Å²) in [4.78, 5) is 25.0. The van der Waals surface area contributed by atoms with Crippen molar-refractivity contribution in [1.82, 2.24) is 34.2 Å². The molecule has 4 aromatic rings. The maximum Gasteiger partial charge on any atom is 0.490 e. The fourth-order valence-corrected chi connectivity index (χ4v) is 4.02. The minimum atomic E-state index is -5.08. The molecule has 190 valence electrons. The maximum atomic E-state index is 13.4. The molecule has 13 heteroatoms. The molecule has 1 saturated heterocycles. The van der Waals surface area contributed by atoms with Gasteiger partial charge in [-0.05, 0) is 30.5 Å². The van der Waals surface area contributed by atoms with Gasteiger partial charge in [0.25, 0.3) is 0 Å². The summed E-state index contributed by atoms with van der Waals surface area (Å²) in [6, 6.07) is 7.19. The van der Waals surface area contributed by atoms with Crippen molar-refractivity contribution in [3.63, 3.8) is 0 Å². The van der Waals surface area contributed by atoms with Gasteiger partial charge in [0.05, 0.1) is 24.4 Å². The Hall–Kier alpha value is -3.87. The van der Waals surface area contributed by atoms with E-state index in [1.54, 1.807) is 29.2 Å². The Morgan fingerprint density at radius 3 is 2.50 bits per heavy atom. The van der Waals surface area contributed by atoms with Crippen molar-refractivity contribution in [1.29, 1.82) is 0 Å². The third-order valence-electron chi connectivity index (χ3n) is 5.77. The number of rotatable bonds is 4. The highest BCUT2D eigenvalue weighted by atomic mass is 19.4. The second kappa shape index (κ2) is 10.4. The molecule has 0 amide bonds. The molecule has 4 heterocycles. The highest BCUT2D eigenvalue weighted by Crippen LogP contribution is 2.27. The van der Waals surface area contributed by atoms with Crippen LogP contribution in [0.5, 0.6) is 0 Å². The predicted octanol–water partition coefficient (Wildman–Crippen LogP) is 3.84. The Morgan fingerprint density at radius 2 is 1.89 bits per heavy atom. The molecule has 1 aromatic carbocycles. The number of aromatic nitrogens is 6. The lowest BCUT2D eigenvalue weighted by Crippen LogP contribution is -2.34. The van der Waals surface area contributed by atoms with E-state index in [0.29, 0.717) is 11.7 Å². The van der Waals surface area contributed by atoms with E-state index < -0.39 is 12.1 Å². The van der Waals surface area contributed by atoms with E-state index in [1.165, 1.54) is 6.07 Å². The van der Waals surface area contributed by atoms with Crippen LogP contribution in [0.25, 0.3) is 22.6 Å². The van der Waals surface area contributed by atoms with Gasteiger partial charge in [0, 0.05) is 44.5 Å². The lowest BCUT2D eigenvalue weighted by Gasteiger charge is -2.32. The van der Waals surface area contributed by atoms with Gasteiger partial charge in [-0.25, -0.2) is 24.1 Å². The summed E-state index contributed by atoms with van der Waals surface area (Å²) in [6.45, 7) is 2.69. The van der Waals surface area contributed by atoms with Crippen molar-refractivity contribution in [3.05, 3.63) is 60.6 Å². The van der Waals surface area contributed by atoms with Crippen LogP contribution in [0.2, 0.25) is 0 Å². The van der Waals surface area contributed by atoms with E-state index in [9.17, 15) is 17.6 Å². The van der Waals surface area contributed by atoms with E-state index in [4.69, 9.17) is 14.9 Å². The van der Waals surface area contributed by atoms with Crippen molar-refractivity contribution in [2.75, 3.05) is 13.1 Å². The Kier molecular flexibility index (Phi) is 7.29. The van der Waals surface area contributed by atoms with E-state index in [1.807, 2.05) is 25.6 Å². The Morgan fingerprint density at radius 1 is 1.17 bits per heavy atom. The number of hydrogen-bond donors (Lipinski definition) is 1. The first-order valence-electron chi connectivity index (χ1n) is 11.1. The van der Waals surface area contributed by atoms with Crippen LogP contribution < -0.4 is 0 Å². The first-order chi connectivity index (χ1) is 17.1. The molecule has 9 nitrogen and oxygen atoms in total. The maximum absolute atomic E-state index is 13.4. The van der Waals surface area contributed by atoms with Crippen LogP contribution >= 0.6 is 0 Å². The Balaban J connectivity index is 0.000000384. The van der Waals surface area contributed by atoms with Gasteiger partial charge in [-0.1, -0.05) is 12.1 Å². The number of carbonyl (C=O) groups is 1. The van der Waals surface area contributed by atoms with Crippen LogP contribution in [0.1, 0.15) is 24.4 Å². The van der Waals surface area contributed by atoms with Crippen molar-refractivity contribution < 1.29 is 27.5 Å². The molecule has 1 fully saturated rings. The smallest absolute Gasteiger partial charge is 0.475 e. The number of hydrogen-bond acceptors (Lipinski definition) is 6. The van der Waals surface area contributed by atoms with Gasteiger partial charge in [0.2, 0.25) is 0 Å². The van der Waals surface area contributed by atoms with Crippen LogP contribution in [-0.2, 0) is 18.4 Å². The number of aryl methyl sites for hydroxylation is 1. The lowest BCUT2D eigenvalue weighted by molar-refractivity contribution is -0.192. The lowest BCUT2D eigenvalue weighted by atomic mass is 10.0. The number of likely N-dealkylation sites (tertiary alicyclic amines) is 1. The second-order valence-corrected chi connectivity index (χ2v) is 8.40. The zero-order valence-corrected chi connectivity index (χ0v) is 19.2. The third-order valence-corrected chi connectivity index (χ3v) is 5.77. The Bertz CT molecular complexity index is 1340. The standard InChI is InChI=1S/C21H22FN7.C2HF3O2/c1-27-13-16(10-25-27)19-11-23-20-21(26-19)29(14-24-20)18-5-7-28(8-6-18)12-15-3-2-4-17(22)9-15;3-2(4,5)1(6)7/h2-4,9-11,13-14,18H,5-8,12H2,1H3;(H,6,7). The largest absolute Gasteiger partial charge is 0.490 e. The van der Waals surface area contributed by atoms with Gasteiger partial charge < -0.3 is 9.67 Å².